The van der Waals surface area contributed by atoms with Gasteiger partial charge in [-0.3, -0.25) is 4.79 Å². The van der Waals surface area contributed by atoms with Gasteiger partial charge in [0.2, 0.25) is 5.75 Å². The highest BCUT2D eigenvalue weighted by Gasteiger charge is 2.22. The number of rotatable bonds is 7. The van der Waals surface area contributed by atoms with Gasteiger partial charge in [-0.1, -0.05) is 0 Å². The average Bonchev–Trinajstić information content (AvgIpc) is 2.61. The molecule has 1 amide bonds. The first-order valence-electron chi connectivity index (χ1n) is 7.25. The molecule has 1 unspecified atom stereocenters. The normalized spacial score (nSPS) is 11.3. The van der Waals surface area contributed by atoms with Gasteiger partial charge in [0, 0.05) is 11.8 Å². The molecule has 1 aromatic carbocycles. The van der Waals surface area contributed by atoms with E-state index in [9.17, 15) is 14.9 Å². The van der Waals surface area contributed by atoms with Crippen molar-refractivity contribution in [2.45, 2.75) is 13.0 Å². The molecule has 0 fully saturated rings. The van der Waals surface area contributed by atoms with Crippen LogP contribution in [-0.4, -0.2) is 36.1 Å². The number of ether oxygens (including phenoxy) is 3. The van der Waals surface area contributed by atoms with Crippen LogP contribution in [0.3, 0.4) is 0 Å². The Hall–Kier alpha value is -3.36. The van der Waals surface area contributed by atoms with Crippen molar-refractivity contribution in [2.24, 2.45) is 0 Å². The molecule has 2 rings (SSSR count). The molecule has 0 bridgehead atoms. The van der Waals surface area contributed by atoms with Crippen LogP contribution in [0.5, 0.6) is 17.2 Å². The molecular formula is C16H17N3O6. The predicted octanol–water partition coefficient (Wildman–Crippen LogP) is 2.41. The number of hydrogen-bond donors (Lipinski definition) is 1. The SMILES string of the molecule is COc1ccc(NC(=O)C(C)Oc2cccnc2[N+](=O)[O-])cc1OC. The van der Waals surface area contributed by atoms with Gasteiger partial charge in [0.05, 0.1) is 14.2 Å². The Balaban J connectivity index is 2.10. The largest absolute Gasteiger partial charge is 0.493 e. The maximum Gasteiger partial charge on any atom is 0.406 e. The summed E-state index contributed by atoms with van der Waals surface area (Å²) in [4.78, 5) is 26.1. The van der Waals surface area contributed by atoms with Gasteiger partial charge in [-0.2, -0.15) is 0 Å². The van der Waals surface area contributed by atoms with Gasteiger partial charge in [-0.25, -0.2) is 0 Å². The zero-order chi connectivity index (χ0) is 18.4. The van der Waals surface area contributed by atoms with E-state index in [4.69, 9.17) is 14.2 Å². The second-order valence-corrected chi connectivity index (χ2v) is 4.90. The quantitative estimate of drug-likeness (QED) is 0.604. The first-order chi connectivity index (χ1) is 12.0. The van der Waals surface area contributed by atoms with E-state index in [0.29, 0.717) is 17.2 Å². The molecule has 1 atom stereocenters. The summed E-state index contributed by atoms with van der Waals surface area (Å²) < 4.78 is 15.7. The van der Waals surface area contributed by atoms with Crippen molar-refractivity contribution in [3.8, 4) is 17.2 Å². The van der Waals surface area contributed by atoms with Crippen LogP contribution < -0.4 is 19.5 Å². The summed E-state index contributed by atoms with van der Waals surface area (Å²) >= 11 is 0. The Morgan fingerprint density at radius 1 is 1.20 bits per heavy atom. The number of carbonyl (C=O) groups excluding carboxylic acids is 1. The van der Waals surface area contributed by atoms with E-state index >= 15 is 0 Å². The van der Waals surface area contributed by atoms with Crippen molar-refractivity contribution in [2.75, 3.05) is 19.5 Å². The van der Waals surface area contributed by atoms with Crippen LogP contribution in [-0.2, 0) is 4.79 Å². The second-order valence-electron chi connectivity index (χ2n) is 4.90. The summed E-state index contributed by atoms with van der Waals surface area (Å²) in [6.07, 6.45) is 0.301. The molecule has 0 saturated carbocycles. The number of benzene rings is 1. The number of nitrogens with zero attached hydrogens (tertiary/aromatic N) is 2. The minimum atomic E-state index is -0.976. The highest BCUT2D eigenvalue weighted by molar-refractivity contribution is 5.94. The lowest BCUT2D eigenvalue weighted by atomic mass is 10.2. The monoisotopic (exact) mass is 347 g/mol. The number of pyridine rings is 1. The van der Waals surface area contributed by atoms with E-state index in [1.165, 1.54) is 39.5 Å². The van der Waals surface area contributed by atoms with Crippen molar-refractivity contribution in [3.63, 3.8) is 0 Å². The molecule has 132 valence electrons. The van der Waals surface area contributed by atoms with Gasteiger partial charge in [0.25, 0.3) is 5.91 Å². The van der Waals surface area contributed by atoms with E-state index in [0.717, 1.165) is 0 Å². The smallest absolute Gasteiger partial charge is 0.406 e. The summed E-state index contributed by atoms with van der Waals surface area (Å²) in [5.41, 5.74) is 0.471. The Morgan fingerprint density at radius 2 is 1.92 bits per heavy atom. The Kier molecular flexibility index (Phi) is 5.72. The van der Waals surface area contributed by atoms with Crippen LogP contribution in [0.2, 0.25) is 0 Å². The lowest BCUT2D eigenvalue weighted by Crippen LogP contribution is -2.30. The van der Waals surface area contributed by atoms with E-state index in [-0.39, 0.29) is 5.75 Å². The first-order valence-corrected chi connectivity index (χ1v) is 7.25. The molecule has 0 aliphatic carbocycles. The third-order valence-electron chi connectivity index (χ3n) is 3.25. The third-order valence-corrected chi connectivity index (χ3v) is 3.25. The molecule has 1 aromatic heterocycles. The van der Waals surface area contributed by atoms with Gasteiger partial charge in [-0.15, -0.1) is 0 Å². The maximum absolute atomic E-state index is 12.3. The number of carbonyl (C=O) groups is 1. The number of amides is 1. The van der Waals surface area contributed by atoms with Crippen molar-refractivity contribution < 1.29 is 23.9 Å². The molecular weight excluding hydrogens is 330 g/mol. The molecule has 2 aromatic rings. The fourth-order valence-electron chi connectivity index (χ4n) is 2.01. The molecule has 0 radical (unpaired) electrons. The molecule has 0 saturated heterocycles. The van der Waals surface area contributed by atoms with Crippen LogP contribution in [0.25, 0.3) is 0 Å². The average molecular weight is 347 g/mol. The van der Waals surface area contributed by atoms with E-state index < -0.39 is 22.8 Å². The molecule has 1 N–H and O–H groups in total. The highest BCUT2D eigenvalue weighted by atomic mass is 16.6. The predicted molar refractivity (Wildman–Crippen MR) is 89.2 cm³/mol. The summed E-state index contributed by atoms with van der Waals surface area (Å²) in [6.45, 7) is 1.48. The summed E-state index contributed by atoms with van der Waals surface area (Å²) in [5, 5.41) is 13.6. The minimum absolute atomic E-state index is 0.0811. The van der Waals surface area contributed by atoms with Gasteiger partial charge >= 0.3 is 5.82 Å². The van der Waals surface area contributed by atoms with Gasteiger partial charge in [0.1, 0.15) is 6.20 Å². The number of methoxy groups -OCH3 is 2. The van der Waals surface area contributed by atoms with Crippen LogP contribution in [0.1, 0.15) is 6.92 Å². The van der Waals surface area contributed by atoms with Crippen molar-refractivity contribution in [1.82, 2.24) is 4.98 Å². The van der Waals surface area contributed by atoms with Crippen LogP contribution in [0.15, 0.2) is 36.5 Å². The number of nitrogens with one attached hydrogen (secondary N) is 1. The van der Waals surface area contributed by atoms with E-state index in [1.54, 1.807) is 18.2 Å². The summed E-state index contributed by atoms with van der Waals surface area (Å²) in [5.74, 6) is -0.0337. The number of aromatic nitrogens is 1. The second kappa shape index (κ2) is 7.95. The fraction of sp³-hybridized carbons (Fsp3) is 0.250. The van der Waals surface area contributed by atoms with Gasteiger partial charge in [0.15, 0.2) is 17.6 Å². The lowest BCUT2D eigenvalue weighted by Gasteiger charge is -2.15. The Labute approximate surface area is 143 Å². The number of nitro groups is 1. The van der Waals surface area contributed by atoms with Gasteiger partial charge in [-0.05, 0) is 41.1 Å². The molecule has 9 heteroatoms. The topological polar surface area (TPSA) is 113 Å². The Morgan fingerprint density at radius 3 is 2.56 bits per heavy atom. The zero-order valence-corrected chi connectivity index (χ0v) is 13.9. The van der Waals surface area contributed by atoms with Crippen LogP contribution in [0, 0.1) is 10.1 Å². The zero-order valence-electron chi connectivity index (χ0n) is 13.9. The summed E-state index contributed by atoms with van der Waals surface area (Å²) in [7, 11) is 2.99. The van der Waals surface area contributed by atoms with Crippen molar-refractivity contribution in [3.05, 3.63) is 46.6 Å². The summed E-state index contributed by atoms with van der Waals surface area (Å²) in [6, 6.07) is 7.74. The molecule has 9 nitrogen and oxygen atoms in total. The Bertz CT molecular complexity index is 780. The molecule has 0 spiro atoms. The molecule has 25 heavy (non-hydrogen) atoms. The highest BCUT2D eigenvalue weighted by Crippen LogP contribution is 2.30. The third kappa shape index (κ3) is 4.34. The van der Waals surface area contributed by atoms with Crippen LogP contribution in [0.4, 0.5) is 11.5 Å². The number of hydrogen-bond acceptors (Lipinski definition) is 7. The van der Waals surface area contributed by atoms with E-state index in [1.807, 2.05) is 0 Å². The molecule has 0 aliphatic heterocycles. The number of anilines is 1. The standard InChI is InChI=1S/C16H17N3O6/c1-10(25-13-5-4-8-17-15(13)19(21)22)16(20)18-11-6-7-12(23-2)14(9-11)24-3/h4-10H,1-3H3,(H,18,20). The molecule has 0 aliphatic rings. The minimum Gasteiger partial charge on any atom is -0.493 e. The lowest BCUT2D eigenvalue weighted by molar-refractivity contribution is -0.390. The maximum atomic E-state index is 12.3. The van der Waals surface area contributed by atoms with Gasteiger partial charge < -0.3 is 29.6 Å². The van der Waals surface area contributed by atoms with E-state index in [2.05, 4.69) is 10.3 Å². The fourth-order valence-corrected chi connectivity index (χ4v) is 2.01. The van der Waals surface area contributed by atoms with Crippen molar-refractivity contribution >= 4 is 17.4 Å². The van der Waals surface area contributed by atoms with Crippen LogP contribution >= 0.6 is 0 Å². The van der Waals surface area contributed by atoms with Crippen molar-refractivity contribution in [1.29, 1.82) is 0 Å². The molecule has 1 heterocycles. The first kappa shape index (κ1) is 18.0.